The molecule has 0 aliphatic carbocycles. The van der Waals surface area contributed by atoms with Gasteiger partial charge in [0.05, 0.1) is 17.1 Å². The number of rotatable bonds is 5. The van der Waals surface area contributed by atoms with Gasteiger partial charge in [0.2, 0.25) is 0 Å². The fourth-order valence-corrected chi connectivity index (χ4v) is 3.33. The molecule has 0 radical (unpaired) electrons. The molecule has 0 aliphatic rings. The van der Waals surface area contributed by atoms with Gasteiger partial charge in [-0.15, -0.1) is 0 Å². The summed E-state index contributed by atoms with van der Waals surface area (Å²) in [6.45, 7) is 8.53. The number of carbonyl (C=O) groups excluding carboxylic acids is 1. The SMILES string of the molecule is CC(C)c1ccc(C(NC(=O)c2ccc3c(c2)[nH]c(=O)n3C)C(C)C)cc1. The van der Waals surface area contributed by atoms with Gasteiger partial charge >= 0.3 is 5.69 Å². The van der Waals surface area contributed by atoms with Crippen molar-refractivity contribution in [1.82, 2.24) is 14.9 Å². The lowest BCUT2D eigenvalue weighted by Crippen LogP contribution is -2.31. The minimum atomic E-state index is -0.187. The van der Waals surface area contributed by atoms with Crippen LogP contribution in [0.2, 0.25) is 0 Å². The molecule has 27 heavy (non-hydrogen) atoms. The zero-order valence-corrected chi connectivity index (χ0v) is 16.5. The molecule has 1 aromatic heterocycles. The molecule has 3 aromatic rings. The van der Waals surface area contributed by atoms with Crippen LogP contribution in [0.15, 0.2) is 47.3 Å². The third kappa shape index (κ3) is 3.82. The lowest BCUT2D eigenvalue weighted by Gasteiger charge is -2.23. The number of H-pyrrole nitrogens is 1. The Bertz CT molecular complexity index is 1010. The summed E-state index contributed by atoms with van der Waals surface area (Å²) >= 11 is 0. The molecule has 0 fully saturated rings. The average Bonchev–Trinajstić information content (AvgIpc) is 2.92. The third-order valence-corrected chi connectivity index (χ3v) is 5.08. The fourth-order valence-electron chi connectivity index (χ4n) is 3.33. The van der Waals surface area contributed by atoms with E-state index in [1.165, 1.54) is 10.1 Å². The van der Waals surface area contributed by atoms with E-state index in [1.807, 2.05) is 0 Å². The molecule has 1 unspecified atom stereocenters. The fraction of sp³-hybridized carbons (Fsp3) is 0.364. The number of aryl methyl sites for hydroxylation is 1. The van der Waals surface area contributed by atoms with Crippen LogP contribution in [0, 0.1) is 5.92 Å². The molecular formula is C22H27N3O2. The van der Waals surface area contributed by atoms with Gasteiger partial charge in [0.15, 0.2) is 0 Å². The first kappa shape index (κ1) is 19.0. The number of amides is 1. The molecule has 142 valence electrons. The largest absolute Gasteiger partial charge is 0.345 e. The van der Waals surface area contributed by atoms with Crippen LogP contribution in [0.5, 0.6) is 0 Å². The molecular weight excluding hydrogens is 338 g/mol. The maximum absolute atomic E-state index is 12.8. The van der Waals surface area contributed by atoms with Crippen LogP contribution in [0.4, 0.5) is 0 Å². The number of aromatic nitrogens is 2. The van der Waals surface area contributed by atoms with Gasteiger partial charge in [-0.25, -0.2) is 4.79 Å². The molecule has 0 saturated heterocycles. The summed E-state index contributed by atoms with van der Waals surface area (Å²) in [5.74, 6) is 0.582. The lowest BCUT2D eigenvalue weighted by atomic mass is 9.93. The molecule has 2 N–H and O–H groups in total. The predicted octanol–water partition coefficient (Wildman–Crippen LogP) is 4.12. The average molecular weight is 365 g/mol. The summed E-state index contributed by atoms with van der Waals surface area (Å²) in [7, 11) is 1.70. The van der Waals surface area contributed by atoms with E-state index in [2.05, 4.69) is 62.3 Å². The van der Waals surface area contributed by atoms with E-state index in [1.54, 1.807) is 25.2 Å². The number of hydrogen-bond acceptors (Lipinski definition) is 2. The van der Waals surface area contributed by atoms with E-state index < -0.39 is 0 Å². The predicted molar refractivity (Wildman–Crippen MR) is 109 cm³/mol. The van der Waals surface area contributed by atoms with Gasteiger partial charge in [0.25, 0.3) is 5.91 Å². The van der Waals surface area contributed by atoms with E-state index in [0.29, 0.717) is 17.0 Å². The van der Waals surface area contributed by atoms with E-state index in [0.717, 1.165) is 11.1 Å². The first-order valence-corrected chi connectivity index (χ1v) is 9.37. The van der Waals surface area contributed by atoms with Crippen LogP contribution >= 0.6 is 0 Å². The van der Waals surface area contributed by atoms with Crippen molar-refractivity contribution in [2.24, 2.45) is 13.0 Å². The Morgan fingerprint density at radius 3 is 2.22 bits per heavy atom. The highest BCUT2D eigenvalue weighted by Crippen LogP contribution is 2.25. The first-order chi connectivity index (χ1) is 12.8. The van der Waals surface area contributed by atoms with Gasteiger partial charge in [0, 0.05) is 12.6 Å². The molecule has 5 nitrogen and oxygen atoms in total. The van der Waals surface area contributed by atoms with E-state index >= 15 is 0 Å². The van der Waals surface area contributed by atoms with E-state index in [9.17, 15) is 9.59 Å². The highest BCUT2D eigenvalue weighted by molar-refractivity contribution is 5.97. The molecule has 1 amide bonds. The standard InChI is InChI=1S/C22H27N3O2/c1-13(2)15-6-8-16(9-7-15)20(14(3)4)24-21(26)17-10-11-19-18(12-17)23-22(27)25(19)5/h6-14,20H,1-5H3,(H,23,27)(H,24,26). The van der Waals surface area contributed by atoms with Crippen molar-refractivity contribution in [1.29, 1.82) is 0 Å². The van der Waals surface area contributed by atoms with Gasteiger partial charge in [-0.1, -0.05) is 52.0 Å². The summed E-state index contributed by atoms with van der Waals surface area (Å²) in [5, 5.41) is 3.15. The number of hydrogen-bond donors (Lipinski definition) is 2. The van der Waals surface area contributed by atoms with Crippen LogP contribution in [-0.2, 0) is 7.05 Å². The smallest absolute Gasteiger partial charge is 0.326 e. The second kappa shape index (κ2) is 7.43. The van der Waals surface area contributed by atoms with Crippen molar-refractivity contribution in [2.45, 2.75) is 39.7 Å². The number of aromatic amines is 1. The summed E-state index contributed by atoms with van der Waals surface area (Å²) in [4.78, 5) is 27.4. The molecule has 1 heterocycles. The molecule has 3 rings (SSSR count). The Hall–Kier alpha value is -2.82. The number of nitrogens with zero attached hydrogens (tertiary/aromatic N) is 1. The summed E-state index contributed by atoms with van der Waals surface area (Å²) < 4.78 is 1.53. The Morgan fingerprint density at radius 2 is 1.63 bits per heavy atom. The molecule has 2 aromatic carbocycles. The van der Waals surface area contributed by atoms with Crippen molar-refractivity contribution in [3.05, 3.63) is 69.6 Å². The molecule has 1 atom stereocenters. The van der Waals surface area contributed by atoms with E-state index in [4.69, 9.17) is 0 Å². The minimum Gasteiger partial charge on any atom is -0.345 e. The van der Waals surface area contributed by atoms with Crippen LogP contribution in [0.3, 0.4) is 0 Å². The van der Waals surface area contributed by atoms with Crippen molar-refractivity contribution in [3.63, 3.8) is 0 Å². The quantitative estimate of drug-likeness (QED) is 0.714. The van der Waals surface area contributed by atoms with Gasteiger partial charge in [-0.3, -0.25) is 9.36 Å². The second-order valence-corrected chi connectivity index (χ2v) is 7.74. The highest BCUT2D eigenvalue weighted by Gasteiger charge is 2.20. The van der Waals surface area contributed by atoms with Crippen molar-refractivity contribution < 1.29 is 4.79 Å². The topological polar surface area (TPSA) is 66.9 Å². The number of imidazole rings is 1. The molecule has 0 spiro atoms. The zero-order valence-electron chi connectivity index (χ0n) is 16.5. The van der Waals surface area contributed by atoms with Gasteiger partial charge in [0.1, 0.15) is 0 Å². The lowest BCUT2D eigenvalue weighted by molar-refractivity contribution is 0.0925. The summed E-state index contributed by atoms with van der Waals surface area (Å²) in [6.07, 6.45) is 0. The number of nitrogens with one attached hydrogen (secondary N) is 2. The third-order valence-electron chi connectivity index (χ3n) is 5.08. The zero-order chi connectivity index (χ0) is 19.7. The first-order valence-electron chi connectivity index (χ1n) is 9.37. The Morgan fingerprint density at radius 1 is 1.00 bits per heavy atom. The van der Waals surface area contributed by atoms with Gasteiger partial charge in [-0.05, 0) is 41.2 Å². The van der Waals surface area contributed by atoms with Crippen LogP contribution in [0.25, 0.3) is 11.0 Å². The van der Waals surface area contributed by atoms with Gasteiger partial charge < -0.3 is 10.3 Å². The molecule has 0 aliphatic heterocycles. The number of carbonyl (C=O) groups is 1. The van der Waals surface area contributed by atoms with Crippen molar-refractivity contribution >= 4 is 16.9 Å². The summed E-state index contributed by atoms with van der Waals surface area (Å²) in [5.41, 5.74) is 4.17. The second-order valence-electron chi connectivity index (χ2n) is 7.74. The Balaban J connectivity index is 1.86. The van der Waals surface area contributed by atoms with Crippen LogP contribution < -0.4 is 11.0 Å². The monoisotopic (exact) mass is 365 g/mol. The molecule has 5 heteroatoms. The maximum Gasteiger partial charge on any atom is 0.326 e. The molecule has 0 bridgehead atoms. The Labute approximate surface area is 159 Å². The highest BCUT2D eigenvalue weighted by atomic mass is 16.2. The summed E-state index contributed by atoms with van der Waals surface area (Å²) in [6, 6.07) is 13.6. The minimum absolute atomic E-state index is 0.0794. The molecule has 0 saturated carbocycles. The van der Waals surface area contributed by atoms with Gasteiger partial charge in [-0.2, -0.15) is 0 Å². The van der Waals surface area contributed by atoms with Crippen LogP contribution in [-0.4, -0.2) is 15.5 Å². The van der Waals surface area contributed by atoms with Crippen molar-refractivity contribution in [2.75, 3.05) is 0 Å². The van der Waals surface area contributed by atoms with Crippen molar-refractivity contribution in [3.8, 4) is 0 Å². The normalized spacial score (nSPS) is 12.7. The number of fused-ring (bicyclic) bond motifs is 1. The number of benzene rings is 2. The maximum atomic E-state index is 12.8. The van der Waals surface area contributed by atoms with Crippen LogP contribution in [0.1, 0.15) is 61.1 Å². The van der Waals surface area contributed by atoms with E-state index in [-0.39, 0.29) is 23.6 Å². The Kier molecular flexibility index (Phi) is 5.22.